The summed E-state index contributed by atoms with van der Waals surface area (Å²) in [5, 5.41) is 0. The van der Waals surface area contributed by atoms with Crippen LogP contribution in [0.2, 0.25) is 0 Å². The minimum atomic E-state index is -0.748. The number of rotatable bonds is 8. The molecule has 2 unspecified atom stereocenters. The molecule has 2 amide bonds. The molecule has 1 aliphatic carbocycles. The van der Waals surface area contributed by atoms with Crippen molar-refractivity contribution in [2.75, 3.05) is 4.90 Å². The van der Waals surface area contributed by atoms with Crippen LogP contribution in [0.25, 0.3) is 22.3 Å². The van der Waals surface area contributed by atoms with Crippen molar-refractivity contribution in [3.05, 3.63) is 72.2 Å². The van der Waals surface area contributed by atoms with Gasteiger partial charge in [-0.3, -0.25) is 9.59 Å². The topological polar surface area (TPSA) is 104 Å². The Morgan fingerprint density at radius 1 is 0.978 bits per heavy atom. The Balaban J connectivity index is 1.29. The first kappa shape index (κ1) is 30.5. The molecule has 234 valence electrons. The molecule has 2 aromatic heterocycles. The lowest BCUT2D eigenvalue weighted by Crippen LogP contribution is -2.31. The highest BCUT2D eigenvalue weighted by molar-refractivity contribution is 6.22. The van der Waals surface area contributed by atoms with Gasteiger partial charge < -0.3 is 14.0 Å². The number of hydrogen-bond acceptors (Lipinski definition) is 7. The van der Waals surface area contributed by atoms with Crippen LogP contribution in [0.1, 0.15) is 77.6 Å². The zero-order valence-corrected chi connectivity index (χ0v) is 26.4. The summed E-state index contributed by atoms with van der Waals surface area (Å²) in [7, 11) is 0. The molecule has 1 aliphatic heterocycles. The summed E-state index contributed by atoms with van der Waals surface area (Å²) < 4.78 is 13.1. The van der Waals surface area contributed by atoms with Crippen LogP contribution in [-0.2, 0) is 27.3 Å². The first-order valence-corrected chi connectivity index (χ1v) is 15.9. The average molecular weight is 609 g/mol. The molecule has 2 atom stereocenters. The number of carbonyl (C=O) groups is 3. The molecular weight excluding hydrogens is 568 g/mol. The lowest BCUT2D eigenvalue weighted by molar-refractivity contribution is -0.122. The van der Waals surface area contributed by atoms with Gasteiger partial charge in [0.2, 0.25) is 11.8 Å². The van der Waals surface area contributed by atoms with Gasteiger partial charge in [0.1, 0.15) is 17.2 Å². The van der Waals surface area contributed by atoms with E-state index in [-0.39, 0.29) is 23.7 Å². The molecule has 6 rings (SSSR count). The smallest absolute Gasteiger partial charge is 0.428 e. The summed E-state index contributed by atoms with van der Waals surface area (Å²) in [4.78, 5) is 49.9. The number of aromatic nitrogens is 3. The molecule has 45 heavy (non-hydrogen) atoms. The summed E-state index contributed by atoms with van der Waals surface area (Å²) >= 11 is 0. The van der Waals surface area contributed by atoms with Gasteiger partial charge in [-0.05, 0) is 63.3 Å². The normalized spacial score (nSPS) is 18.4. The van der Waals surface area contributed by atoms with Gasteiger partial charge in [0.05, 0.1) is 29.2 Å². The minimum absolute atomic E-state index is 0.102. The number of amides is 2. The van der Waals surface area contributed by atoms with Crippen molar-refractivity contribution in [1.29, 1.82) is 0 Å². The number of anilines is 1. The standard InChI is InChI=1S/C36H40N4O5/c1-5-6-15-31-38-32-29(20-25(21-37-32)40-33(41)27-12-7-8-13-28(27)34(40)42)39(31)22-23-16-18-24(19-17-23)26-11-9-10-14-30(26)44-35(43)45-36(2,3)4/h9-11,14,16-21,27-28H,5-8,12-13,15,22H2,1-4H3. The van der Waals surface area contributed by atoms with Gasteiger partial charge >= 0.3 is 6.16 Å². The number of pyridine rings is 1. The van der Waals surface area contributed by atoms with Crippen molar-refractivity contribution in [2.45, 2.75) is 84.8 Å². The number of imide groups is 1. The molecule has 1 saturated carbocycles. The highest BCUT2D eigenvalue weighted by Gasteiger charge is 2.49. The maximum Gasteiger partial charge on any atom is 0.514 e. The van der Waals surface area contributed by atoms with Crippen molar-refractivity contribution >= 4 is 34.8 Å². The molecule has 0 bridgehead atoms. The summed E-state index contributed by atoms with van der Waals surface area (Å²) in [6.45, 7) is 8.08. The van der Waals surface area contributed by atoms with Crippen LogP contribution in [0.4, 0.5) is 10.5 Å². The Morgan fingerprint density at radius 3 is 2.33 bits per heavy atom. The number of carbonyl (C=O) groups excluding carboxylic acids is 3. The van der Waals surface area contributed by atoms with E-state index >= 15 is 0 Å². The fourth-order valence-corrected chi connectivity index (χ4v) is 6.41. The summed E-state index contributed by atoms with van der Waals surface area (Å²) in [5.74, 6) is 0.704. The third kappa shape index (κ3) is 6.34. The third-order valence-corrected chi connectivity index (χ3v) is 8.60. The molecule has 0 radical (unpaired) electrons. The maximum absolute atomic E-state index is 13.3. The third-order valence-electron chi connectivity index (χ3n) is 8.60. The van der Waals surface area contributed by atoms with E-state index in [4.69, 9.17) is 14.5 Å². The van der Waals surface area contributed by atoms with Gasteiger partial charge in [-0.2, -0.15) is 0 Å². The SMILES string of the molecule is CCCCc1nc2ncc(N3C(=O)C4CCCCC4C3=O)cc2n1Cc1ccc(-c2ccccc2OC(=O)OC(C)(C)C)cc1. The van der Waals surface area contributed by atoms with Gasteiger partial charge in [0, 0.05) is 18.5 Å². The summed E-state index contributed by atoms with van der Waals surface area (Å²) in [6, 6.07) is 17.4. The van der Waals surface area contributed by atoms with Crippen LogP contribution in [-0.4, -0.2) is 38.1 Å². The first-order valence-electron chi connectivity index (χ1n) is 15.9. The lowest BCUT2D eigenvalue weighted by atomic mass is 9.81. The van der Waals surface area contributed by atoms with Crippen molar-refractivity contribution in [3.63, 3.8) is 0 Å². The fraction of sp³-hybridized carbons (Fsp3) is 0.417. The van der Waals surface area contributed by atoms with Crippen LogP contribution < -0.4 is 9.64 Å². The Kier molecular flexibility index (Phi) is 8.44. The number of fused-ring (bicyclic) bond motifs is 2. The Morgan fingerprint density at radius 2 is 1.67 bits per heavy atom. The second-order valence-electron chi connectivity index (χ2n) is 13.0. The van der Waals surface area contributed by atoms with Crippen LogP contribution in [0.5, 0.6) is 5.75 Å². The van der Waals surface area contributed by atoms with E-state index in [0.29, 0.717) is 23.6 Å². The Bertz CT molecular complexity index is 1710. The van der Waals surface area contributed by atoms with E-state index in [9.17, 15) is 14.4 Å². The zero-order valence-electron chi connectivity index (χ0n) is 26.4. The number of para-hydroxylation sites is 1. The predicted octanol–water partition coefficient (Wildman–Crippen LogP) is 7.48. The molecule has 1 saturated heterocycles. The van der Waals surface area contributed by atoms with Crippen LogP contribution >= 0.6 is 0 Å². The number of benzene rings is 2. The van der Waals surface area contributed by atoms with E-state index in [2.05, 4.69) is 16.5 Å². The molecule has 2 aromatic carbocycles. The number of ether oxygens (including phenoxy) is 2. The number of aryl methyl sites for hydroxylation is 1. The van der Waals surface area contributed by atoms with Crippen LogP contribution in [0, 0.1) is 11.8 Å². The number of imidazole rings is 1. The van der Waals surface area contributed by atoms with E-state index in [1.54, 1.807) is 33.0 Å². The number of nitrogens with zero attached hydrogens (tertiary/aromatic N) is 4. The van der Waals surface area contributed by atoms with Crippen LogP contribution in [0.3, 0.4) is 0 Å². The second-order valence-corrected chi connectivity index (χ2v) is 13.0. The molecule has 9 heteroatoms. The molecular formula is C36H40N4O5. The highest BCUT2D eigenvalue weighted by atomic mass is 16.7. The maximum atomic E-state index is 13.3. The van der Waals surface area contributed by atoms with Gasteiger partial charge in [-0.15, -0.1) is 0 Å². The molecule has 0 spiro atoms. The lowest BCUT2D eigenvalue weighted by Gasteiger charge is -2.19. The van der Waals surface area contributed by atoms with Gasteiger partial charge in [-0.25, -0.2) is 19.7 Å². The molecule has 0 N–H and O–H groups in total. The fourth-order valence-electron chi connectivity index (χ4n) is 6.41. The van der Waals surface area contributed by atoms with Crippen molar-refractivity contribution in [2.24, 2.45) is 11.8 Å². The van der Waals surface area contributed by atoms with E-state index in [0.717, 1.165) is 73.0 Å². The van der Waals surface area contributed by atoms with Crippen molar-refractivity contribution in [3.8, 4) is 16.9 Å². The highest BCUT2D eigenvalue weighted by Crippen LogP contribution is 2.40. The van der Waals surface area contributed by atoms with Gasteiger partial charge in [0.15, 0.2) is 5.65 Å². The van der Waals surface area contributed by atoms with E-state index < -0.39 is 11.8 Å². The molecule has 4 aromatic rings. The molecule has 9 nitrogen and oxygen atoms in total. The zero-order chi connectivity index (χ0) is 31.7. The second kappa shape index (κ2) is 12.5. The summed E-state index contributed by atoms with van der Waals surface area (Å²) in [6.07, 6.45) is 7.19. The Hall–Kier alpha value is -4.53. The van der Waals surface area contributed by atoms with Gasteiger partial charge in [0.25, 0.3) is 0 Å². The number of unbranched alkanes of at least 4 members (excludes halogenated alkanes) is 1. The minimum Gasteiger partial charge on any atom is -0.428 e. The molecule has 2 aliphatic rings. The van der Waals surface area contributed by atoms with E-state index in [1.807, 2.05) is 48.5 Å². The molecule has 3 heterocycles. The average Bonchev–Trinajstić information content (AvgIpc) is 3.48. The largest absolute Gasteiger partial charge is 0.514 e. The van der Waals surface area contributed by atoms with Crippen molar-refractivity contribution in [1.82, 2.24) is 14.5 Å². The molecule has 2 fully saturated rings. The first-order chi connectivity index (χ1) is 21.6. The summed E-state index contributed by atoms with van der Waals surface area (Å²) in [5.41, 5.74) is 3.99. The number of hydrogen-bond donors (Lipinski definition) is 0. The quantitative estimate of drug-likeness (QED) is 0.116. The van der Waals surface area contributed by atoms with E-state index in [1.165, 1.54) is 4.90 Å². The monoisotopic (exact) mass is 608 g/mol. The Labute approximate surface area is 263 Å². The van der Waals surface area contributed by atoms with Crippen molar-refractivity contribution < 1.29 is 23.9 Å². The van der Waals surface area contributed by atoms with Gasteiger partial charge in [-0.1, -0.05) is 68.7 Å². The van der Waals surface area contributed by atoms with Crippen LogP contribution in [0.15, 0.2) is 60.8 Å². The predicted molar refractivity (Wildman–Crippen MR) is 172 cm³/mol.